The summed E-state index contributed by atoms with van der Waals surface area (Å²) >= 11 is 1.59. The van der Waals surface area contributed by atoms with Crippen molar-refractivity contribution in [1.29, 1.82) is 0 Å². The van der Waals surface area contributed by atoms with E-state index in [1.54, 1.807) is 11.3 Å². The molecule has 3 amide bonds. The molecule has 1 unspecified atom stereocenters. The van der Waals surface area contributed by atoms with Gasteiger partial charge in [-0.3, -0.25) is 9.69 Å². The Morgan fingerprint density at radius 3 is 2.44 bits per heavy atom. The van der Waals surface area contributed by atoms with Crippen LogP contribution in [0, 0.1) is 0 Å². The first-order valence-electron chi connectivity index (χ1n) is 10.4. The summed E-state index contributed by atoms with van der Waals surface area (Å²) in [6, 6.07) is 11.9. The molecule has 4 rings (SSSR count). The van der Waals surface area contributed by atoms with E-state index < -0.39 is 12.1 Å². The highest BCUT2D eigenvalue weighted by Crippen LogP contribution is 2.34. The Hall–Kier alpha value is -3.12. The molecule has 2 fully saturated rings. The number of carboxylic acids is 1. The number of amides is 3. The van der Waals surface area contributed by atoms with Gasteiger partial charge in [0.05, 0.1) is 17.8 Å². The number of benzene rings is 1. The molecule has 8 nitrogen and oxygen atoms in total. The zero-order chi connectivity index (χ0) is 24.9. The molecule has 0 saturated carbocycles. The lowest BCUT2D eigenvalue weighted by molar-refractivity contribution is -0.192. The summed E-state index contributed by atoms with van der Waals surface area (Å²) in [5.41, 5.74) is 1.87. The van der Waals surface area contributed by atoms with Gasteiger partial charge in [0.1, 0.15) is 0 Å². The molecule has 0 radical (unpaired) electrons. The van der Waals surface area contributed by atoms with Crippen LogP contribution in [0.3, 0.4) is 0 Å². The third-order valence-electron chi connectivity index (χ3n) is 5.90. The predicted molar refractivity (Wildman–Crippen MR) is 121 cm³/mol. The number of hydrogen-bond acceptors (Lipinski definition) is 5. The number of anilines is 1. The standard InChI is InChI=1S/C20H24N4O2S.C2HF3O2/c1-22-12-18(25)24(17-7-10-27-13-17)15-20(22)8-9-23(14-20)19(26)21-11-16-5-3-2-4-6-16;3-2(4,5)1(6)7/h2-7,10,13H,8-9,11-12,14-15H2,1H3,(H,21,26);(H,6,7). The van der Waals surface area contributed by atoms with Gasteiger partial charge in [-0.25, -0.2) is 9.59 Å². The Morgan fingerprint density at radius 1 is 1.18 bits per heavy atom. The van der Waals surface area contributed by atoms with Crippen molar-refractivity contribution in [2.45, 2.75) is 24.7 Å². The molecule has 0 bridgehead atoms. The number of urea groups is 1. The number of aliphatic carboxylic acids is 1. The molecule has 1 atom stereocenters. The van der Waals surface area contributed by atoms with E-state index >= 15 is 0 Å². The van der Waals surface area contributed by atoms with Crippen LogP contribution in [-0.2, 0) is 16.1 Å². The number of alkyl halides is 3. The van der Waals surface area contributed by atoms with Crippen molar-refractivity contribution in [3.8, 4) is 0 Å². The third kappa shape index (κ3) is 6.06. The Balaban J connectivity index is 0.000000406. The maximum absolute atomic E-state index is 12.6. The smallest absolute Gasteiger partial charge is 0.475 e. The molecular formula is C22H25F3N4O4S. The van der Waals surface area contributed by atoms with E-state index in [1.807, 2.05) is 64.0 Å². The van der Waals surface area contributed by atoms with Crippen LogP contribution in [0.15, 0.2) is 47.2 Å². The molecule has 2 aliphatic heterocycles. The summed E-state index contributed by atoms with van der Waals surface area (Å²) in [4.78, 5) is 39.9. The Kier molecular flexibility index (Phi) is 7.82. The van der Waals surface area contributed by atoms with Crippen molar-refractivity contribution in [2.24, 2.45) is 0 Å². The summed E-state index contributed by atoms with van der Waals surface area (Å²) in [6.45, 7) is 2.88. The van der Waals surface area contributed by atoms with Crippen molar-refractivity contribution in [3.63, 3.8) is 0 Å². The number of likely N-dealkylation sites (N-methyl/N-ethyl adjacent to an activating group) is 1. The number of carboxylic acid groups (broad SMARTS) is 1. The summed E-state index contributed by atoms with van der Waals surface area (Å²) < 4.78 is 31.7. The van der Waals surface area contributed by atoms with Crippen LogP contribution >= 0.6 is 11.3 Å². The second-order valence-electron chi connectivity index (χ2n) is 8.16. The predicted octanol–water partition coefficient (Wildman–Crippen LogP) is 3.01. The van der Waals surface area contributed by atoms with E-state index in [9.17, 15) is 22.8 Å². The number of nitrogens with one attached hydrogen (secondary N) is 1. The van der Waals surface area contributed by atoms with E-state index in [0.717, 1.165) is 17.7 Å². The van der Waals surface area contributed by atoms with Crippen LogP contribution in [0.1, 0.15) is 12.0 Å². The largest absolute Gasteiger partial charge is 0.490 e. The number of thiophene rings is 1. The highest BCUT2D eigenvalue weighted by atomic mass is 32.1. The van der Waals surface area contributed by atoms with Gasteiger partial charge in [0, 0.05) is 31.6 Å². The van der Waals surface area contributed by atoms with Gasteiger partial charge in [0.15, 0.2) is 0 Å². The lowest BCUT2D eigenvalue weighted by Crippen LogP contribution is -2.64. The highest BCUT2D eigenvalue weighted by molar-refractivity contribution is 7.08. The van der Waals surface area contributed by atoms with Crippen LogP contribution in [0.4, 0.5) is 23.7 Å². The minimum Gasteiger partial charge on any atom is -0.475 e. The topological polar surface area (TPSA) is 93.2 Å². The zero-order valence-electron chi connectivity index (χ0n) is 18.4. The molecule has 12 heteroatoms. The van der Waals surface area contributed by atoms with Crippen molar-refractivity contribution in [3.05, 3.63) is 52.7 Å². The number of carbonyl (C=O) groups excluding carboxylic acids is 2. The van der Waals surface area contributed by atoms with Gasteiger partial charge in [-0.05, 0) is 30.5 Å². The third-order valence-corrected chi connectivity index (χ3v) is 6.57. The molecule has 2 N–H and O–H groups in total. The van der Waals surface area contributed by atoms with E-state index in [1.165, 1.54) is 0 Å². The summed E-state index contributed by atoms with van der Waals surface area (Å²) in [5.74, 6) is -2.64. The van der Waals surface area contributed by atoms with Gasteiger partial charge >= 0.3 is 18.2 Å². The first-order chi connectivity index (χ1) is 16.0. The highest BCUT2D eigenvalue weighted by Gasteiger charge is 2.48. The monoisotopic (exact) mass is 498 g/mol. The normalized spacial score (nSPS) is 20.8. The summed E-state index contributed by atoms with van der Waals surface area (Å²) in [7, 11) is 1.99. The van der Waals surface area contributed by atoms with Gasteiger partial charge in [0.25, 0.3) is 0 Å². The molecule has 1 aromatic carbocycles. The quantitative estimate of drug-likeness (QED) is 0.679. The van der Waals surface area contributed by atoms with E-state index in [-0.39, 0.29) is 17.5 Å². The Bertz CT molecular complexity index is 1000. The number of halogens is 3. The van der Waals surface area contributed by atoms with E-state index in [2.05, 4.69) is 10.2 Å². The Morgan fingerprint density at radius 2 is 1.85 bits per heavy atom. The molecule has 184 valence electrons. The fourth-order valence-corrected chi connectivity index (χ4v) is 4.60. The number of carbonyl (C=O) groups is 3. The van der Waals surface area contributed by atoms with Gasteiger partial charge in [-0.15, -0.1) is 0 Å². The van der Waals surface area contributed by atoms with Crippen LogP contribution in [0.5, 0.6) is 0 Å². The van der Waals surface area contributed by atoms with Crippen LogP contribution in [0.25, 0.3) is 0 Å². The van der Waals surface area contributed by atoms with Gasteiger partial charge in [0.2, 0.25) is 5.91 Å². The SMILES string of the molecule is CN1CC(=O)N(c2ccsc2)CC12CCN(C(=O)NCc1ccccc1)C2.O=C(O)C(F)(F)F. The van der Waals surface area contributed by atoms with Crippen molar-refractivity contribution in [1.82, 2.24) is 15.1 Å². The molecule has 3 heterocycles. The van der Waals surface area contributed by atoms with Gasteiger partial charge in [-0.2, -0.15) is 24.5 Å². The molecule has 34 heavy (non-hydrogen) atoms. The maximum atomic E-state index is 12.6. The summed E-state index contributed by atoms with van der Waals surface area (Å²) in [5, 5.41) is 14.1. The number of nitrogens with zero attached hydrogens (tertiary/aromatic N) is 3. The van der Waals surface area contributed by atoms with E-state index in [4.69, 9.17) is 9.90 Å². The lowest BCUT2D eigenvalue weighted by Gasteiger charge is -2.46. The summed E-state index contributed by atoms with van der Waals surface area (Å²) in [6.07, 6.45) is -4.21. The molecule has 2 aliphatic rings. The lowest BCUT2D eigenvalue weighted by atomic mass is 9.93. The molecule has 2 saturated heterocycles. The first kappa shape index (κ1) is 25.5. The van der Waals surface area contributed by atoms with E-state index in [0.29, 0.717) is 32.7 Å². The molecule has 2 aromatic rings. The maximum Gasteiger partial charge on any atom is 0.490 e. The minimum absolute atomic E-state index is 0.0388. The fraction of sp³-hybridized carbons (Fsp3) is 0.409. The van der Waals surface area contributed by atoms with Crippen LogP contribution in [0.2, 0.25) is 0 Å². The van der Waals surface area contributed by atoms with Gasteiger partial charge < -0.3 is 20.2 Å². The zero-order valence-corrected chi connectivity index (χ0v) is 19.2. The van der Waals surface area contributed by atoms with Gasteiger partial charge in [-0.1, -0.05) is 30.3 Å². The number of likely N-dealkylation sites (tertiary alicyclic amines) is 1. The second-order valence-corrected chi connectivity index (χ2v) is 8.94. The number of piperazine rings is 1. The molecule has 1 spiro atoms. The second kappa shape index (κ2) is 10.4. The van der Waals surface area contributed by atoms with Crippen molar-refractivity contribution >= 4 is 34.9 Å². The number of rotatable bonds is 3. The first-order valence-corrected chi connectivity index (χ1v) is 11.4. The Labute approximate surface area is 198 Å². The molecular weight excluding hydrogens is 473 g/mol. The molecule has 1 aromatic heterocycles. The molecule has 0 aliphatic carbocycles. The fourth-order valence-electron chi connectivity index (χ4n) is 3.96. The van der Waals surface area contributed by atoms with Crippen LogP contribution < -0.4 is 10.2 Å². The van der Waals surface area contributed by atoms with Crippen LogP contribution in [-0.4, -0.2) is 77.8 Å². The average Bonchev–Trinajstić information content (AvgIpc) is 3.46. The van der Waals surface area contributed by atoms with Crippen molar-refractivity contribution < 1.29 is 32.7 Å². The minimum atomic E-state index is -5.08. The van der Waals surface area contributed by atoms with Crippen molar-refractivity contribution in [2.75, 3.05) is 38.1 Å². The average molecular weight is 499 g/mol. The number of hydrogen-bond donors (Lipinski definition) is 2.